The molecule has 0 aliphatic carbocycles. The van der Waals surface area contributed by atoms with Crippen molar-refractivity contribution < 1.29 is 85.4 Å². The fourth-order valence-electron chi connectivity index (χ4n) is 9.84. The molecule has 14 aromatic rings. The minimum absolute atomic E-state index is 0. The Balaban J connectivity index is 0.000000218. The average Bonchev–Trinajstić information content (AvgIpc) is 1.58. The van der Waals surface area contributed by atoms with Gasteiger partial charge in [-0.15, -0.1) is 90.0 Å². The number of fused-ring (bicyclic) bond motifs is 6. The van der Waals surface area contributed by atoms with E-state index in [0.29, 0.717) is 23.1 Å². The molecule has 0 fully saturated rings. The van der Waals surface area contributed by atoms with Crippen LogP contribution >= 0.6 is 0 Å². The fraction of sp³-hybridized carbons (Fsp3) is 0.241. The number of halogens is 3. The molecule has 0 amide bonds. The van der Waals surface area contributed by atoms with Crippen molar-refractivity contribution in [3.63, 3.8) is 0 Å². The summed E-state index contributed by atoms with van der Waals surface area (Å²) < 4.78 is 69.8. The van der Waals surface area contributed by atoms with Gasteiger partial charge in [0.05, 0.1) is 11.3 Å². The number of aliphatic hydroxyl groups excluding tert-OH is 2. The second-order valence-corrected chi connectivity index (χ2v) is 25.5. The molecule has 0 unspecified atom stereocenters. The number of rotatable bonds is 10. The molecule has 544 valence electrons. The molecule has 104 heavy (non-hydrogen) atoms. The Morgan fingerprint density at radius 2 is 0.788 bits per heavy atom. The summed E-state index contributed by atoms with van der Waals surface area (Å²) in [6, 6.07) is 63.4. The molecule has 14 rings (SSSR count). The Hall–Kier alpha value is -9.68. The maximum absolute atomic E-state index is 10.7. The fourth-order valence-corrected chi connectivity index (χ4v) is 9.84. The second-order valence-electron chi connectivity index (χ2n) is 24.1. The Morgan fingerprint density at radius 3 is 1.16 bits per heavy atom. The quantitative estimate of drug-likeness (QED) is 0.0652. The van der Waals surface area contributed by atoms with Crippen LogP contribution in [0.25, 0.3) is 112 Å². The first-order valence-electron chi connectivity index (χ1n) is 32.5. The van der Waals surface area contributed by atoms with Crippen LogP contribution in [-0.2, 0) is 50.3 Å². The molecular formula is C79H78F3Ir2N12O7S-3. The summed E-state index contributed by atoms with van der Waals surface area (Å²) in [6.45, 7) is 24.6. The van der Waals surface area contributed by atoms with Gasteiger partial charge in [-0.05, 0) is 99.4 Å². The first kappa shape index (κ1) is 83.3. The summed E-state index contributed by atoms with van der Waals surface area (Å²) >= 11 is 0. The van der Waals surface area contributed by atoms with Gasteiger partial charge in [0.1, 0.15) is 28.9 Å². The maximum Gasteiger partial charge on any atom is 0.522 e. The smallest absolute Gasteiger partial charge is 0.486 e. The SMILES string of the molecule is CO.CO.Cc1ccc2c(n1)oc1c(-c3ccc(-c4nc(C(C)C)nc(C(C)C)n4)cn3)[c-]ccc12.Cc1ccc2c(n1)oc1c(-c3ccc(-c4nc(C(C)C)nc(C(C)C)n4)cn3)cccc12.Cc1cccc(-c2[c-]cccc2)n1.Cc1cccc(-c2[c-]cccc2)n1.O=S(=O)(O)C(F)(F)F.[Ir].[Ir]. The summed E-state index contributed by atoms with van der Waals surface area (Å²) in [5.41, 5.74) is 10.4. The number of pyridine rings is 6. The van der Waals surface area contributed by atoms with Gasteiger partial charge in [0.25, 0.3) is 0 Å². The third kappa shape index (κ3) is 21.5. The molecule has 10 heterocycles. The predicted octanol–water partition coefficient (Wildman–Crippen LogP) is 18.0. The number of hydrogen-bond acceptors (Lipinski definition) is 18. The molecule has 0 atom stereocenters. The number of nitrogens with zero attached hydrogens (tertiary/aromatic N) is 12. The van der Waals surface area contributed by atoms with Crippen molar-refractivity contribution in [1.29, 1.82) is 0 Å². The number of para-hydroxylation sites is 1. The number of aryl methyl sites for hydroxylation is 4. The summed E-state index contributed by atoms with van der Waals surface area (Å²) in [6.07, 6.45) is 3.62. The van der Waals surface area contributed by atoms with Gasteiger partial charge < -0.3 is 34.0 Å². The monoisotopic (exact) mass is 1780 g/mol. The van der Waals surface area contributed by atoms with Crippen molar-refractivity contribution in [3.05, 3.63) is 240 Å². The molecule has 10 aromatic heterocycles. The second kappa shape index (κ2) is 38.2. The van der Waals surface area contributed by atoms with E-state index in [2.05, 4.69) is 136 Å². The van der Waals surface area contributed by atoms with Crippen molar-refractivity contribution in [2.24, 2.45) is 0 Å². The molecule has 0 saturated carbocycles. The zero-order valence-corrected chi connectivity index (χ0v) is 65.2. The molecule has 3 N–H and O–H groups in total. The van der Waals surface area contributed by atoms with Crippen LogP contribution in [0.2, 0.25) is 0 Å². The Kier molecular flexibility index (Phi) is 30.6. The van der Waals surface area contributed by atoms with Crippen molar-refractivity contribution in [3.8, 4) is 67.8 Å². The average molecular weight is 1780 g/mol. The standard InChI is InChI=1S/C26H25N5O.C26H24N5O.2C12H10N.CHF3O3S.2CH4O.2Ir/c2*1-14(2)23-29-24(15(3)4)31-25(30-23)17-10-12-21(27-13-17)20-8-6-7-18-19-11-9-16(5)28-26(19)32-22(18)20;2*1-10-6-5-9-12(13-10)11-7-3-2-4-8-11;2-1(3,4)8(5,6)7;2*1-2;;/h6-15H,1-5H3;6-7,9-15H,1-5H3;2*2-7,9H,1H3;(H,5,6,7);2*2H,1H3;;/q;3*-1;;;;;. The first-order valence-corrected chi connectivity index (χ1v) is 33.9. The number of furan rings is 2. The van der Waals surface area contributed by atoms with Crippen molar-refractivity contribution in [2.45, 2.75) is 112 Å². The van der Waals surface area contributed by atoms with Gasteiger partial charge in [0, 0.05) is 146 Å². The van der Waals surface area contributed by atoms with Gasteiger partial charge in [-0.1, -0.05) is 115 Å². The molecular weight excluding hydrogens is 1700 g/mol. The van der Waals surface area contributed by atoms with E-state index in [4.69, 9.17) is 42.0 Å². The minimum atomic E-state index is -5.84. The molecule has 0 saturated heterocycles. The van der Waals surface area contributed by atoms with Gasteiger partial charge in [0.15, 0.2) is 11.6 Å². The van der Waals surface area contributed by atoms with Gasteiger partial charge in [-0.25, -0.2) is 39.9 Å². The Labute approximate surface area is 630 Å². The molecule has 25 heteroatoms. The van der Waals surface area contributed by atoms with E-state index >= 15 is 0 Å². The van der Waals surface area contributed by atoms with Crippen LogP contribution in [0.15, 0.2) is 185 Å². The van der Waals surface area contributed by atoms with Crippen LogP contribution < -0.4 is 0 Å². The number of aliphatic hydroxyl groups is 2. The van der Waals surface area contributed by atoms with Crippen molar-refractivity contribution in [1.82, 2.24) is 59.8 Å². The maximum atomic E-state index is 10.7. The molecule has 0 spiro atoms. The van der Waals surface area contributed by atoms with Gasteiger partial charge in [-0.3, -0.25) is 9.54 Å². The van der Waals surface area contributed by atoms with Gasteiger partial charge in [-0.2, -0.15) is 21.6 Å². The Bertz CT molecular complexity index is 4850. The normalized spacial score (nSPS) is 11.0. The largest absolute Gasteiger partial charge is 0.522 e. The number of aromatic nitrogens is 12. The van der Waals surface area contributed by atoms with Crippen molar-refractivity contribution >= 4 is 54.3 Å². The molecule has 4 aromatic carbocycles. The summed E-state index contributed by atoms with van der Waals surface area (Å²) in [5.74, 6) is 5.41. The number of alkyl halides is 3. The summed E-state index contributed by atoms with van der Waals surface area (Å²) in [7, 11) is -3.84. The Morgan fingerprint density at radius 1 is 0.394 bits per heavy atom. The number of hydrogen-bond donors (Lipinski definition) is 3. The van der Waals surface area contributed by atoms with Crippen LogP contribution in [0, 0.1) is 45.9 Å². The van der Waals surface area contributed by atoms with E-state index in [1.54, 1.807) is 6.20 Å². The zero-order valence-electron chi connectivity index (χ0n) is 59.6. The van der Waals surface area contributed by atoms with E-state index in [1.807, 2.05) is 186 Å². The van der Waals surface area contributed by atoms with E-state index in [-0.39, 0.29) is 63.9 Å². The molecule has 0 bridgehead atoms. The van der Waals surface area contributed by atoms with Crippen molar-refractivity contribution in [2.75, 3.05) is 14.2 Å². The molecule has 19 nitrogen and oxygen atoms in total. The van der Waals surface area contributed by atoms with Crippen LogP contribution in [0.5, 0.6) is 0 Å². The topological polar surface area (TPSA) is 276 Å². The van der Waals surface area contributed by atoms with E-state index < -0.39 is 15.6 Å². The molecule has 0 aliphatic heterocycles. The van der Waals surface area contributed by atoms with Gasteiger partial charge >= 0.3 is 15.6 Å². The van der Waals surface area contributed by atoms with E-state index in [1.165, 1.54) is 0 Å². The zero-order chi connectivity index (χ0) is 74.0. The molecule has 2 radical (unpaired) electrons. The summed E-state index contributed by atoms with van der Waals surface area (Å²) in [5, 5.41) is 18.0. The van der Waals surface area contributed by atoms with Crippen LogP contribution in [0.4, 0.5) is 13.2 Å². The minimum Gasteiger partial charge on any atom is -0.486 e. The molecule has 0 aliphatic rings. The van der Waals surface area contributed by atoms with Gasteiger partial charge in [0.2, 0.25) is 11.4 Å². The third-order valence-corrected chi connectivity index (χ3v) is 15.5. The summed E-state index contributed by atoms with van der Waals surface area (Å²) in [4.78, 5) is 55.3. The van der Waals surface area contributed by atoms with E-state index in [9.17, 15) is 13.2 Å². The van der Waals surface area contributed by atoms with Crippen LogP contribution in [-0.4, -0.2) is 103 Å². The van der Waals surface area contributed by atoms with E-state index in [0.717, 1.165) is 149 Å². The first-order chi connectivity index (χ1) is 48.8. The number of benzene rings is 4. The van der Waals surface area contributed by atoms with Crippen LogP contribution in [0.3, 0.4) is 0 Å². The third-order valence-electron chi connectivity index (χ3n) is 15.0. The van der Waals surface area contributed by atoms with Crippen LogP contribution in [0.1, 0.15) is 125 Å². The predicted molar refractivity (Wildman–Crippen MR) is 392 cm³/mol.